The van der Waals surface area contributed by atoms with E-state index in [1.165, 1.54) is 11.1 Å². The van der Waals surface area contributed by atoms with Crippen molar-refractivity contribution in [3.05, 3.63) is 35.4 Å². The lowest BCUT2D eigenvalue weighted by Gasteiger charge is -2.38. The molecule has 1 aromatic carbocycles. The number of hydrogen-bond donors (Lipinski definition) is 1. The van der Waals surface area contributed by atoms with E-state index in [-0.39, 0.29) is 18.3 Å². The molecule has 0 radical (unpaired) electrons. The van der Waals surface area contributed by atoms with Gasteiger partial charge in [0, 0.05) is 32.8 Å². The van der Waals surface area contributed by atoms with Gasteiger partial charge in [0.1, 0.15) is 0 Å². The zero-order valence-electron chi connectivity index (χ0n) is 13.5. The van der Waals surface area contributed by atoms with Gasteiger partial charge in [0.25, 0.3) is 0 Å². The Hall–Kier alpha value is -1.10. The van der Waals surface area contributed by atoms with Crippen LogP contribution in [0.1, 0.15) is 30.9 Å². The monoisotopic (exact) mass is 326 g/mol. The maximum atomic E-state index is 13.0. The summed E-state index contributed by atoms with van der Waals surface area (Å²) in [5.74, 6) is 0.180. The number of nitrogens with two attached hydrogens (primary N) is 1. The van der Waals surface area contributed by atoms with Crippen LogP contribution in [0.4, 0.5) is 0 Å². The summed E-state index contributed by atoms with van der Waals surface area (Å²) >= 11 is 0. The molecule has 124 valence electrons. The minimum Gasteiger partial charge on any atom is -0.381 e. The van der Waals surface area contributed by atoms with Gasteiger partial charge in [-0.2, -0.15) is 0 Å². The summed E-state index contributed by atoms with van der Waals surface area (Å²) in [4.78, 5) is 14.9. The molecule has 0 saturated carbocycles. The standard InChI is InChI=1S/C17H26N2O2.ClH/c1-3-19(12-15-7-5-4-6-14(15)2)16(20)17(13-18)8-10-21-11-9-17;/h4-7H,3,8-13,18H2,1-2H3;1H. The molecule has 0 unspecified atom stereocenters. The lowest BCUT2D eigenvalue weighted by molar-refractivity contribution is -0.147. The van der Waals surface area contributed by atoms with Gasteiger partial charge in [-0.3, -0.25) is 4.79 Å². The largest absolute Gasteiger partial charge is 0.381 e. The van der Waals surface area contributed by atoms with E-state index in [1.54, 1.807) is 0 Å². The summed E-state index contributed by atoms with van der Waals surface area (Å²) in [6.07, 6.45) is 1.46. The maximum absolute atomic E-state index is 13.0. The summed E-state index contributed by atoms with van der Waals surface area (Å²) in [6.45, 7) is 7.14. The smallest absolute Gasteiger partial charge is 0.230 e. The van der Waals surface area contributed by atoms with Gasteiger partial charge < -0.3 is 15.4 Å². The lowest BCUT2D eigenvalue weighted by Crippen LogP contribution is -2.50. The van der Waals surface area contributed by atoms with E-state index in [1.807, 2.05) is 24.0 Å². The van der Waals surface area contributed by atoms with Gasteiger partial charge in [0.2, 0.25) is 5.91 Å². The minimum atomic E-state index is -0.434. The quantitative estimate of drug-likeness (QED) is 0.904. The number of carbonyl (C=O) groups excluding carboxylic acids is 1. The average Bonchev–Trinajstić information content (AvgIpc) is 2.54. The highest BCUT2D eigenvalue weighted by Crippen LogP contribution is 2.32. The highest BCUT2D eigenvalue weighted by molar-refractivity contribution is 5.85. The Morgan fingerprint density at radius 3 is 2.50 bits per heavy atom. The second-order valence-electron chi connectivity index (χ2n) is 5.84. The van der Waals surface area contributed by atoms with Crippen molar-refractivity contribution in [3.63, 3.8) is 0 Å². The third-order valence-corrected chi connectivity index (χ3v) is 4.59. The molecule has 0 bridgehead atoms. The fraction of sp³-hybridized carbons (Fsp3) is 0.588. The van der Waals surface area contributed by atoms with Crippen molar-refractivity contribution in [2.24, 2.45) is 11.1 Å². The molecular formula is C17H27ClN2O2. The third kappa shape index (κ3) is 4.00. The maximum Gasteiger partial charge on any atom is 0.230 e. The average molecular weight is 327 g/mol. The molecule has 1 aliphatic rings. The van der Waals surface area contributed by atoms with E-state index in [2.05, 4.69) is 19.1 Å². The Morgan fingerprint density at radius 1 is 1.32 bits per heavy atom. The van der Waals surface area contributed by atoms with Crippen molar-refractivity contribution in [2.45, 2.75) is 33.2 Å². The molecule has 0 aliphatic carbocycles. The molecule has 2 rings (SSSR count). The van der Waals surface area contributed by atoms with Gasteiger partial charge in [-0.05, 0) is 37.8 Å². The van der Waals surface area contributed by atoms with Crippen LogP contribution >= 0.6 is 12.4 Å². The first-order valence-electron chi connectivity index (χ1n) is 7.74. The van der Waals surface area contributed by atoms with E-state index >= 15 is 0 Å². The summed E-state index contributed by atoms with van der Waals surface area (Å²) in [5.41, 5.74) is 7.94. The van der Waals surface area contributed by atoms with Crippen LogP contribution in [-0.4, -0.2) is 37.1 Å². The fourth-order valence-corrected chi connectivity index (χ4v) is 2.92. The van der Waals surface area contributed by atoms with Gasteiger partial charge in [0.05, 0.1) is 5.41 Å². The van der Waals surface area contributed by atoms with E-state index < -0.39 is 5.41 Å². The van der Waals surface area contributed by atoms with Gasteiger partial charge >= 0.3 is 0 Å². The van der Waals surface area contributed by atoms with Crippen molar-refractivity contribution < 1.29 is 9.53 Å². The van der Waals surface area contributed by atoms with E-state index in [0.717, 1.165) is 12.8 Å². The molecule has 1 aliphatic heterocycles. The summed E-state index contributed by atoms with van der Waals surface area (Å²) in [5, 5.41) is 0. The minimum absolute atomic E-state index is 0. The fourth-order valence-electron chi connectivity index (χ4n) is 2.92. The topological polar surface area (TPSA) is 55.6 Å². The molecule has 2 N–H and O–H groups in total. The molecule has 4 nitrogen and oxygen atoms in total. The molecule has 1 aromatic rings. The first kappa shape index (κ1) is 18.9. The van der Waals surface area contributed by atoms with Crippen molar-refractivity contribution in [2.75, 3.05) is 26.3 Å². The van der Waals surface area contributed by atoms with Gasteiger partial charge in [0.15, 0.2) is 0 Å². The number of aryl methyl sites for hydroxylation is 1. The predicted molar refractivity (Wildman–Crippen MR) is 91.1 cm³/mol. The zero-order chi connectivity index (χ0) is 15.3. The third-order valence-electron chi connectivity index (χ3n) is 4.59. The van der Waals surface area contributed by atoms with Crippen LogP contribution in [0.5, 0.6) is 0 Å². The molecule has 0 spiro atoms. The summed E-state index contributed by atoms with van der Waals surface area (Å²) in [7, 11) is 0. The normalized spacial score (nSPS) is 16.7. The Labute approximate surface area is 139 Å². The van der Waals surface area contributed by atoms with Crippen LogP contribution in [0, 0.1) is 12.3 Å². The Kier molecular flexibility index (Phi) is 7.33. The van der Waals surface area contributed by atoms with E-state index in [0.29, 0.717) is 32.8 Å². The van der Waals surface area contributed by atoms with Crippen LogP contribution < -0.4 is 5.73 Å². The lowest BCUT2D eigenvalue weighted by atomic mass is 9.78. The van der Waals surface area contributed by atoms with Crippen LogP contribution in [0.3, 0.4) is 0 Å². The number of carbonyl (C=O) groups is 1. The van der Waals surface area contributed by atoms with Gasteiger partial charge in [-0.15, -0.1) is 12.4 Å². The Bertz CT molecular complexity index is 487. The Morgan fingerprint density at radius 2 is 1.95 bits per heavy atom. The molecule has 1 amide bonds. The second kappa shape index (κ2) is 8.51. The first-order valence-corrected chi connectivity index (χ1v) is 7.74. The molecule has 0 atom stereocenters. The second-order valence-corrected chi connectivity index (χ2v) is 5.84. The predicted octanol–water partition coefficient (Wildman–Crippen LogP) is 2.52. The number of rotatable bonds is 5. The first-order chi connectivity index (χ1) is 10.1. The number of amides is 1. The summed E-state index contributed by atoms with van der Waals surface area (Å²) in [6, 6.07) is 8.22. The van der Waals surface area contributed by atoms with Crippen LogP contribution in [-0.2, 0) is 16.1 Å². The number of hydrogen-bond acceptors (Lipinski definition) is 3. The number of benzene rings is 1. The van der Waals surface area contributed by atoms with E-state index in [4.69, 9.17) is 10.5 Å². The zero-order valence-corrected chi connectivity index (χ0v) is 14.3. The molecule has 1 saturated heterocycles. The number of ether oxygens (including phenoxy) is 1. The number of nitrogens with zero attached hydrogens (tertiary/aromatic N) is 1. The van der Waals surface area contributed by atoms with Crippen LogP contribution in [0.2, 0.25) is 0 Å². The molecule has 1 heterocycles. The molecule has 1 fully saturated rings. The molecule has 22 heavy (non-hydrogen) atoms. The number of halogens is 1. The highest BCUT2D eigenvalue weighted by Gasteiger charge is 2.41. The van der Waals surface area contributed by atoms with Gasteiger partial charge in [-0.1, -0.05) is 24.3 Å². The van der Waals surface area contributed by atoms with Crippen LogP contribution in [0.25, 0.3) is 0 Å². The van der Waals surface area contributed by atoms with Crippen molar-refractivity contribution >= 4 is 18.3 Å². The van der Waals surface area contributed by atoms with Gasteiger partial charge in [-0.25, -0.2) is 0 Å². The molecular weight excluding hydrogens is 300 g/mol. The van der Waals surface area contributed by atoms with E-state index in [9.17, 15) is 4.79 Å². The van der Waals surface area contributed by atoms with Crippen LogP contribution in [0.15, 0.2) is 24.3 Å². The Balaban J connectivity index is 0.00000242. The molecule has 0 aromatic heterocycles. The molecule has 5 heteroatoms. The van der Waals surface area contributed by atoms with Crippen molar-refractivity contribution in [3.8, 4) is 0 Å². The van der Waals surface area contributed by atoms with Crippen molar-refractivity contribution in [1.29, 1.82) is 0 Å². The highest BCUT2D eigenvalue weighted by atomic mass is 35.5. The summed E-state index contributed by atoms with van der Waals surface area (Å²) < 4.78 is 5.40. The van der Waals surface area contributed by atoms with Crippen molar-refractivity contribution in [1.82, 2.24) is 4.90 Å². The SMILES string of the molecule is CCN(Cc1ccccc1C)C(=O)C1(CN)CCOCC1.Cl.